The number of nitrogens with one attached hydrogen (secondary N) is 1. The van der Waals surface area contributed by atoms with Crippen molar-refractivity contribution in [2.45, 2.75) is 81.1 Å². The van der Waals surface area contributed by atoms with Crippen molar-refractivity contribution in [3.05, 3.63) is 0 Å². The molecule has 2 fully saturated rings. The van der Waals surface area contributed by atoms with Gasteiger partial charge in [0.2, 0.25) is 9.47 Å². The van der Waals surface area contributed by atoms with Gasteiger partial charge in [-0.15, -0.1) is 10.2 Å². The highest BCUT2D eigenvalue weighted by Crippen LogP contribution is 2.33. The van der Waals surface area contributed by atoms with Gasteiger partial charge in [0, 0.05) is 19.1 Å². The molecule has 2 aliphatic rings. The average molecular weight is 474 g/mol. The van der Waals surface area contributed by atoms with Crippen LogP contribution in [0.4, 0.5) is 9.93 Å². The van der Waals surface area contributed by atoms with Crippen LogP contribution in [0.3, 0.4) is 0 Å². The van der Waals surface area contributed by atoms with Crippen molar-refractivity contribution in [2.75, 3.05) is 18.9 Å². The molecule has 0 bridgehead atoms. The number of hydrogen-bond acceptors (Lipinski definition) is 7. The first-order chi connectivity index (χ1) is 14.7. The fourth-order valence-electron chi connectivity index (χ4n) is 4.44. The summed E-state index contributed by atoms with van der Waals surface area (Å²) in [4.78, 5) is 26.0. The van der Waals surface area contributed by atoms with Crippen molar-refractivity contribution in [1.29, 1.82) is 0 Å². The molecule has 0 aromatic carbocycles. The van der Waals surface area contributed by atoms with Gasteiger partial charge in [0.1, 0.15) is 6.54 Å². The minimum absolute atomic E-state index is 0.0947. The molecule has 0 atom stereocenters. The molecule has 2 saturated carbocycles. The summed E-state index contributed by atoms with van der Waals surface area (Å²) in [5.41, 5.74) is 0. The summed E-state index contributed by atoms with van der Waals surface area (Å²) in [6.45, 7) is 1.56. The summed E-state index contributed by atoms with van der Waals surface area (Å²) < 4.78 is 25.3. The Morgan fingerprint density at radius 3 is 2.29 bits per heavy atom. The molecule has 0 saturated heterocycles. The zero-order valence-electron chi connectivity index (χ0n) is 18.0. The van der Waals surface area contributed by atoms with Crippen molar-refractivity contribution in [3.63, 3.8) is 0 Å². The van der Waals surface area contributed by atoms with Crippen LogP contribution in [0.15, 0.2) is 4.34 Å². The van der Waals surface area contributed by atoms with Crippen LogP contribution in [0.5, 0.6) is 0 Å². The molecule has 0 radical (unpaired) electrons. The third-order valence-electron chi connectivity index (χ3n) is 6.19. The van der Waals surface area contributed by atoms with Crippen LogP contribution in [-0.2, 0) is 14.8 Å². The van der Waals surface area contributed by atoms with E-state index in [1.807, 2.05) is 4.90 Å². The maximum atomic E-state index is 13.2. The van der Waals surface area contributed by atoms with Crippen LogP contribution >= 0.6 is 11.3 Å². The maximum absolute atomic E-state index is 13.2. The van der Waals surface area contributed by atoms with Crippen LogP contribution in [0.2, 0.25) is 0 Å². The van der Waals surface area contributed by atoms with Gasteiger partial charge >= 0.3 is 12.0 Å². The summed E-state index contributed by atoms with van der Waals surface area (Å²) in [5, 5.41) is 19.2. The topological polar surface area (TPSA) is 133 Å². The third kappa shape index (κ3) is 5.92. The molecule has 174 valence electrons. The molecule has 2 amide bonds. The summed E-state index contributed by atoms with van der Waals surface area (Å²) in [6, 6.07) is 0.104. The Labute approximate surface area is 187 Å². The van der Waals surface area contributed by atoms with E-state index in [9.17, 15) is 18.0 Å². The van der Waals surface area contributed by atoms with Gasteiger partial charge in [0.05, 0.1) is 0 Å². The first-order valence-electron chi connectivity index (χ1n) is 10.8. The number of carboxylic acids is 1. The minimum Gasteiger partial charge on any atom is -0.480 e. The third-order valence-corrected chi connectivity index (χ3v) is 9.18. The second kappa shape index (κ2) is 10.2. The average Bonchev–Trinajstić information content (AvgIpc) is 3.19. The molecule has 1 aromatic heterocycles. The number of aliphatic carboxylic acids is 1. The summed E-state index contributed by atoms with van der Waals surface area (Å²) in [7, 11) is -2.92. The zero-order valence-corrected chi connectivity index (χ0v) is 19.6. The fourth-order valence-corrected chi connectivity index (χ4v) is 6.64. The lowest BCUT2D eigenvalue weighted by molar-refractivity contribution is -0.137. The molecule has 0 aliphatic heterocycles. The lowest BCUT2D eigenvalue weighted by atomic mass is 9.84. The summed E-state index contributed by atoms with van der Waals surface area (Å²) >= 11 is 0.731. The van der Waals surface area contributed by atoms with Crippen LogP contribution in [-0.4, -0.2) is 70.6 Å². The molecule has 0 unspecified atom stereocenters. The lowest BCUT2D eigenvalue weighted by Gasteiger charge is -2.42. The van der Waals surface area contributed by atoms with Gasteiger partial charge in [0.25, 0.3) is 10.0 Å². The van der Waals surface area contributed by atoms with Crippen molar-refractivity contribution in [3.8, 4) is 0 Å². The van der Waals surface area contributed by atoms with Crippen LogP contribution in [0.1, 0.15) is 64.7 Å². The Morgan fingerprint density at radius 1 is 1.06 bits per heavy atom. The van der Waals surface area contributed by atoms with Crippen LogP contribution in [0, 0.1) is 5.92 Å². The van der Waals surface area contributed by atoms with Gasteiger partial charge in [0.15, 0.2) is 0 Å². The number of urea groups is 1. The first kappa shape index (κ1) is 23.9. The molecule has 31 heavy (non-hydrogen) atoms. The summed E-state index contributed by atoms with van der Waals surface area (Å²) in [5.74, 6) is -0.597. The van der Waals surface area contributed by atoms with Crippen molar-refractivity contribution in [1.82, 2.24) is 19.4 Å². The molecular weight excluding hydrogens is 442 g/mol. The van der Waals surface area contributed by atoms with Crippen molar-refractivity contribution in [2.24, 2.45) is 5.92 Å². The monoisotopic (exact) mass is 473 g/mol. The van der Waals surface area contributed by atoms with E-state index in [4.69, 9.17) is 5.11 Å². The van der Waals surface area contributed by atoms with E-state index in [0.717, 1.165) is 69.8 Å². The number of likely N-dealkylation sites (N-methyl/N-ethyl adjacent to an activating group) is 1. The molecule has 0 spiro atoms. The number of nitrogens with zero attached hydrogens (tertiary/aromatic N) is 4. The van der Waals surface area contributed by atoms with Gasteiger partial charge in [-0.2, -0.15) is 4.31 Å². The Hall–Kier alpha value is -1.79. The largest absolute Gasteiger partial charge is 0.480 e. The highest BCUT2D eigenvalue weighted by atomic mass is 32.2. The molecule has 10 nitrogen and oxygen atoms in total. The number of amides is 2. The number of anilines is 1. The predicted molar refractivity (Wildman–Crippen MR) is 117 cm³/mol. The highest BCUT2D eigenvalue weighted by Gasteiger charge is 2.34. The molecular formula is C19H31N5O5S2. The molecule has 1 heterocycles. The van der Waals surface area contributed by atoms with E-state index in [1.165, 1.54) is 6.42 Å². The minimum atomic E-state index is -4.08. The molecule has 2 aliphatic carbocycles. The highest BCUT2D eigenvalue weighted by molar-refractivity contribution is 7.91. The second-order valence-electron chi connectivity index (χ2n) is 8.57. The van der Waals surface area contributed by atoms with Gasteiger partial charge in [-0.3, -0.25) is 10.1 Å². The van der Waals surface area contributed by atoms with Crippen LogP contribution in [0.25, 0.3) is 0 Å². The number of carbonyl (C=O) groups is 2. The van der Waals surface area contributed by atoms with E-state index in [2.05, 4.69) is 22.4 Å². The van der Waals surface area contributed by atoms with Gasteiger partial charge in [-0.25, -0.2) is 13.2 Å². The Bertz CT molecular complexity index is 876. The molecule has 12 heteroatoms. The Balaban J connectivity index is 1.73. The first-order valence-corrected chi connectivity index (χ1v) is 13.0. The normalized spacial score (nSPS) is 22.9. The predicted octanol–water partition coefficient (Wildman–Crippen LogP) is 2.99. The van der Waals surface area contributed by atoms with Gasteiger partial charge in [-0.1, -0.05) is 37.5 Å². The Kier molecular flexibility index (Phi) is 7.87. The van der Waals surface area contributed by atoms with Crippen molar-refractivity contribution < 1.29 is 23.1 Å². The van der Waals surface area contributed by atoms with Crippen molar-refractivity contribution >= 4 is 38.5 Å². The van der Waals surface area contributed by atoms with Crippen LogP contribution < -0.4 is 5.32 Å². The summed E-state index contributed by atoms with van der Waals surface area (Å²) in [6.07, 6.45) is 9.50. The van der Waals surface area contributed by atoms with E-state index in [0.29, 0.717) is 10.2 Å². The number of carboxylic acid groups (broad SMARTS) is 1. The molecule has 1 aromatic rings. The maximum Gasteiger partial charge on any atom is 0.324 e. The Morgan fingerprint density at radius 2 is 1.68 bits per heavy atom. The zero-order chi connectivity index (χ0) is 22.6. The van der Waals surface area contributed by atoms with Gasteiger partial charge in [-0.05, 0) is 44.4 Å². The van der Waals surface area contributed by atoms with E-state index >= 15 is 0 Å². The second-order valence-corrected chi connectivity index (χ2v) is 11.8. The van der Waals surface area contributed by atoms with E-state index < -0.39 is 22.5 Å². The molecule has 3 rings (SSSR count). The number of rotatable bonds is 7. The number of carbonyl (C=O) groups excluding carboxylic acids is 1. The van der Waals surface area contributed by atoms with Gasteiger partial charge < -0.3 is 10.0 Å². The number of aromatic nitrogens is 2. The van der Waals surface area contributed by atoms with E-state index in [-0.39, 0.29) is 27.6 Å². The standard InChI is InChI=1S/C19H31N5O5S2/c1-13-8-10-15(11-9-13)24(14-6-4-3-5-7-14)18(27)20-17-21-22-19(30-17)31(28,29)23(2)12-16(25)26/h13-15H,3-12H2,1-2H3,(H,25,26)(H,20,21,27)/t13-,15-. The molecule has 2 N–H and O–H groups in total. The number of hydrogen-bond donors (Lipinski definition) is 2. The fraction of sp³-hybridized carbons (Fsp3) is 0.789. The SMILES string of the molecule is CN(CC(=O)O)S(=O)(=O)c1nnc(NC(=O)N(C2CCCCC2)[C@H]2CC[C@H](C)CC2)s1. The van der Waals surface area contributed by atoms with E-state index in [1.54, 1.807) is 0 Å². The lowest BCUT2D eigenvalue weighted by Crippen LogP contribution is -2.51. The quantitative estimate of drug-likeness (QED) is 0.582. The smallest absolute Gasteiger partial charge is 0.324 e. The number of sulfonamides is 1.